The van der Waals surface area contributed by atoms with E-state index in [0.29, 0.717) is 12.3 Å². The maximum Gasteiger partial charge on any atom is 0.154 e. The van der Waals surface area contributed by atoms with E-state index in [4.69, 9.17) is 0 Å². The van der Waals surface area contributed by atoms with E-state index in [1.807, 2.05) is 14.1 Å². The fourth-order valence-corrected chi connectivity index (χ4v) is 4.09. The summed E-state index contributed by atoms with van der Waals surface area (Å²) in [5, 5.41) is 3.16. The average Bonchev–Trinajstić information content (AvgIpc) is 2.76. The van der Waals surface area contributed by atoms with Gasteiger partial charge in [-0.25, -0.2) is 8.42 Å². The molecule has 5 heteroatoms. The van der Waals surface area contributed by atoms with Crippen LogP contribution in [0, 0.1) is 0 Å². The first-order chi connectivity index (χ1) is 8.02. The molecule has 0 heterocycles. The Balaban J connectivity index is 2.09. The van der Waals surface area contributed by atoms with Gasteiger partial charge in [-0.3, -0.25) is 0 Å². The van der Waals surface area contributed by atoms with Gasteiger partial charge in [-0.1, -0.05) is 12.8 Å². The molecule has 0 radical (unpaired) electrons. The summed E-state index contributed by atoms with van der Waals surface area (Å²) in [6.07, 6.45) is 4.99. The molecule has 0 amide bonds. The molecule has 0 aromatic rings. The van der Waals surface area contributed by atoms with Crippen molar-refractivity contribution in [3.63, 3.8) is 0 Å². The quantitative estimate of drug-likeness (QED) is 0.660. The predicted octanol–water partition coefficient (Wildman–Crippen LogP) is 0.885. The topological polar surface area (TPSA) is 49.4 Å². The van der Waals surface area contributed by atoms with Gasteiger partial charge in [-0.05, 0) is 46.4 Å². The smallest absolute Gasteiger partial charge is 0.154 e. The highest BCUT2D eigenvalue weighted by Gasteiger charge is 2.27. The highest BCUT2D eigenvalue weighted by Crippen LogP contribution is 2.24. The minimum atomic E-state index is -2.84. The Bertz CT molecular complexity index is 296. The summed E-state index contributed by atoms with van der Waals surface area (Å²) in [6, 6.07) is 0. The first kappa shape index (κ1) is 14.9. The van der Waals surface area contributed by atoms with Gasteiger partial charge in [0.25, 0.3) is 0 Å². The molecule has 102 valence electrons. The van der Waals surface area contributed by atoms with Crippen molar-refractivity contribution in [1.29, 1.82) is 0 Å². The third-order valence-electron chi connectivity index (χ3n) is 3.33. The highest BCUT2D eigenvalue weighted by atomic mass is 32.2. The van der Waals surface area contributed by atoms with Crippen LogP contribution >= 0.6 is 0 Å². The Hall–Kier alpha value is -0.130. The van der Waals surface area contributed by atoms with Gasteiger partial charge < -0.3 is 10.2 Å². The number of nitrogens with zero attached hydrogens (tertiary/aromatic N) is 1. The third kappa shape index (κ3) is 5.84. The predicted molar refractivity (Wildman–Crippen MR) is 72.1 cm³/mol. The zero-order chi connectivity index (χ0) is 12.7. The summed E-state index contributed by atoms with van der Waals surface area (Å²) in [7, 11) is 1.26. The summed E-state index contributed by atoms with van der Waals surface area (Å²) >= 11 is 0. The second-order valence-corrected chi connectivity index (χ2v) is 7.58. The Morgan fingerprint density at radius 2 is 1.82 bits per heavy atom. The van der Waals surface area contributed by atoms with Crippen molar-refractivity contribution in [2.24, 2.45) is 0 Å². The summed E-state index contributed by atoms with van der Waals surface area (Å²) in [6.45, 7) is 2.55. The summed E-state index contributed by atoms with van der Waals surface area (Å²) in [4.78, 5) is 2.14. The lowest BCUT2D eigenvalue weighted by atomic mass is 10.4. The van der Waals surface area contributed by atoms with Crippen LogP contribution in [0.25, 0.3) is 0 Å². The van der Waals surface area contributed by atoms with Crippen LogP contribution in [0.15, 0.2) is 0 Å². The molecule has 0 aromatic heterocycles. The summed E-state index contributed by atoms with van der Waals surface area (Å²) in [5.41, 5.74) is 0. The SMILES string of the molecule is CN(C)CCCNCCS(=O)(=O)C1CCCC1. The van der Waals surface area contributed by atoms with Crippen molar-refractivity contribution in [3.05, 3.63) is 0 Å². The Morgan fingerprint density at radius 3 is 2.41 bits per heavy atom. The van der Waals surface area contributed by atoms with Crippen molar-refractivity contribution in [2.75, 3.05) is 39.5 Å². The maximum absolute atomic E-state index is 11.9. The third-order valence-corrected chi connectivity index (χ3v) is 5.59. The Labute approximate surface area is 106 Å². The van der Waals surface area contributed by atoms with Crippen molar-refractivity contribution < 1.29 is 8.42 Å². The van der Waals surface area contributed by atoms with Crippen LogP contribution in [0.3, 0.4) is 0 Å². The maximum atomic E-state index is 11.9. The molecule has 17 heavy (non-hydrogen) atoms. The van der Waals surface area contributed by atoms with Crippen LogP contribution in [0.5, 0.6) is 0 Å². The number of sulfone groups is 1. The van der Waals surface area contributed by atoms with Crippen LogP contribution < -0.4 is 5.32 Å². The molecule has 1 saturated carbocycles. The molecule has 1 rings (SSSR count). The molecule has 1 fully saturated rings. The van der Waals surface area contributed by atoms with Gasteiger partial charge in [-0.2, -0.15) is 0 Å². The van der Waals surface area contributed by atoms with E-state index in [2.05, 4.69) is 10.2 Å². The van der Waals surface area contributed by atoms with Crippen LogP contribution in [0.2, 0.25) is 0 Å². The number of rotatable bonds is 8. The van der Waals surface area contributed by atoms with E-state index in [9.17, 15) is 8.42 Å². The van der Waals surface area contributed by atoms with E-state index in [0.717, 1.165) is 45.2 Å². The zero-order valence-electron chi connectivity index (χ0n) is 11.1. The zero-order valence-corrected chi connectivity index (χ0v) is 11.9. The van der Waals surface area contributed by atoms with Gasteiger partial charge in [0.05, 0.1) is 11.0 Å². The van der Waals surface area contributed by atoms with Gasteiger partial charge in [0.2, 0.25) is 0 Å². The lowest BCUT2D eigenvalue weighted by Gasteiger charge is -2.12. The molecule has 0 saturated heterocycles. The monoisotopic (exact) mass is 262 g/mol. The summed E-state index contributed by atoms with van der Waals surface area (Å²) < 4.78 is 23.9. The largest absolute Gasteiger partial charge is 0.316 e. The molecule has 0 atom stereocenters. The first-order valence-corrected chi connectivity index (χ1v) is 8.31. The minimum absolute atomic E-state index is 0.0499. The second kappa shape index (κ2) is 7.34. The van der Waals surface area contributed by atoms with Crippen molar-refractivity contribution in [1.82, 2.24) is 10.2 Å². The lowest BCUT2D eigenvalue weighted by molar-refractivity contribution is 0.395. The van der Waals surface area contributed by atoms with E-state index in [1.165, 1.54) is 0 Å². The molecule has 0 spiro atoms. The van der Waals surface area contributed by atoms with Crippen LogP contribution in [-0.2, 0) is 9.84 Å². The molecular weight excluding hydrogens is 236 g/mol. The van der Waals surface area contributed by atoms with Gasteiger partial charge in [-0.15, -0.1) is 0 Å². The average molecular weight is 262 g/mol. The van der Waals surface area contributed by atoms with Gasteiger partial charge in [0, 0.05) is 6.54 Å². The van der Waals surface area contributed by atoms with Crippen LogP contribution in [-0.4, -0.2) is 58.1 Å². The normalized spacial score (nSPS) is 18.1. The van der Waals surface area contributed by atoms with Gasteiger partial charge in [0.15, 0.2) is 9.84 Å². The standard InChI is InChI=1S/C12H26N2O2S/c1-14(2)10-5-8-13-9-11-17(15,16)12-6-3-4-7-12/h12-13H,3-11H2,1-2H3. The van der Waals surface area contributed by atoms with E-state index in [1.54, 1.807) is 0 Å². The first-order valence-electron chi connectivity index (χ1n) is 6.59. The molecule has 0 aromatic carbocycles. The van der Waals surface area contributed by atoms with Crippen LogP contribution in [0.1, 0.15) is 32.1 Å². The van der Waals surface area contributed by atoms with E-state index in [-0.39, 0.29) is 5.25 Å². The molecule has 0 unspecified atom stereocenters. The summed E-state index contributed by atoms with van der Waals surface area (Å²) in [5.74, 6) is 0.305. The molecule has 1 N–H and O–H groups in total. The minimum Gasteiger partial charge on any atom is -0.316 e. The van der Waals surface area contributed by atoms with E-state index >= 15 is 0 Å². The molecule has 1 aliphatic carbocycles. The van der Waals surface area contributed by atoms with Crippen LogP contribution in [0.4, 0.5) is 0 Å². The van der Waals surface area contributed by atoms with Crippen molar-refractivity contribution in [2.45, 2.75) is 37.4 Å². The van der Waals surface area contributed by atoms with E-state index < -0.39 is 9.84 Å². The van der Waals surface area contributed by atoms with Crippen molar-refractivity contribution >= 4 is 9.84 Å². The lowest BCUT2D eigenvalue weighted by Crippen LogP contribution is -2.30. The molecule has 0 aliphatic heterocycles. The fourth-order valence-electron chi connectivity index (χ4n) is 2.27. The molecule has 1 aliphatic rings. The fraction of sp³-hybridized carbons (Fsp3) is 1.00. The number of hydrogen-bond acceptors (Lipinski definition) is 4. The molecular formula is C12H26N2O2S. The number of nitrogens with one attached hydrogen (secondary N) is 1. The highest BCUT2D eigenvalue weighted by molar-refractivity contribution is 7.92. The Kier molecular flexibility index (Phi) is 6.44. The second-order valence-electron chi connectivity index (χ2n) is 5.18. The molecule has 0 bridgehead atoms. The molecule has 4 nitrogen and oxygen atoms in total. The van der Waals surface area contributed by atoms with Crippen molar-refractivity contribution in [3.8, 4) is 0 Å². The van der Waals surface area contributed by atoms with Gasteiger partial charge >= 0.3 is 0 Å². The van der Waals surface area contributed by atoms with Gasteiger partial charge in [0.1, 0.15) is 0 Å². The Morgan fingerprint density at radius 1 is 1.18 bits per heavy atom. The number of hydrogen-bond donors (Lipinski definition) is 1.